The number of benzene rings is 1. The number of carbonyl (C=O) groups is 1. The van der Waals surface area contributed by atoms with Gasteiger partial charge in [0.25, 0.3) is 5.91 Å². The van der Waals surface area contributed by atoms with Crippen LogP contribution in [-0.4, -0.2) is 41.6 Å². The molecule has 0 radical (unpaired) electrons. The van der Waals surface area contributed by atoms with Crippen molar-refractivity contribution in [3.63, 3.8) is 0 Å². The molecule has 5 heteroatoms. The van der Waals surface area contributed by atoms with Gasteiger partial charge in [0.05, 0.1) is 5.56 Å². The normalized spacial score (nSPS) is 16.2. The average molecular weight is 355 g/mol. The number of rotatable bonds is 4. The SMILES string of the molecule is CC(C)N(CC1CCNCC1)C(=O)c1ccc(Br)cc1O. The lowest BCUT2D eigenvalue weighted by Crippen LogP contribution is -2.43. The summed E-state index contributed by atoms with van der Waals surface area (Å²) in [6, 6.07) is 5.15. The van der Waals surface area contributed by atoms with Gasteiger partial charge in [0.2, 0.25) is 0 Å². The number of halogens is 1. The maximum Gasteiger partial charge on any atom is 0.257 e. The molecule has 1 aromatic carbocycles. The molecule has 0 saturated carbocycles. The number of nitrogens with zero attached hydrogens (tertiary/aromatic N) is 1. The minimum absolute atomic E-state index is 0.0327. The topological polar surface area (TPSA) is 52.6 Å². The second kappa shape index (κ2) is 7.27. The summed E-state index contributed by atoms with van der Waals surface area (Å²) in [5, 5.41) is 13.4. The third-order valence-electron chi connectivity index (χ3n) is 3.99. The van der Waals surface area contributed by atoms with Crippen LogP contribution in [-0.2, 0) is 0 Å². The van der Waals surface area contributed by atoms with E-state index in [0.29, 0.717) is 11.5 Å². The van der Waals surface area contributed by atoms with Crippen molar-refractivity contribution in [2.45, 2.75) is 32.7 Å². The lowest BCUT2D eigenvalue weighted by Gasteiger charge is -2.33. The second-order valence-corrected chi connectivity index (χ2v) is 6.82. The summed E-state index contributed by atoms with van der Waals surface area (Å²) in [7, 11) is 0. The Hall–Kier alpha value is -1.07. The van der Waals surface area contributed by atoms with Gasteiger partial charge < -0.3 is 15.3 Å². The van der Waals surface area contributed by atoms with Crippen LogP contribution in [0.15, 0.2) is 22.7 Å². The Labute approximate surface area is 134 Å². The standard InChI is InChI=1S/C16H23BrN2O2/c1-11(2)19(10-12-5-7-18-8-6-12)16(21)14-4-3-13(17)9-15(14)20/h3-4,9,11-12,18,20H,5-8,10H2,1-2H3. The predicted octanol–water partition coefficient (Wildman–Crippen LogP) is 3.00. The Morgan fingerprint density at radius 2 is 2.10 bits per heavy atom. The molecule has 0 atom stereocenters. The van der Waals surface area contributed by atoms with Crippen molar-refractivity contribution in [2.75, 3.05) is 19.6 Å². The zero-order valence-corrected chi connectivity index (χ0v) is 14.2. The third-order valence-corrected chi connectivity index (χ3v) is 4.48. The fourth-order valence-corrected chi connectivity index (χ4v) is 3.06. The Morgan fingerprint density at radius 3 is 2.67 bits per heavy atom. The number of phenols is 1. The van der Waals surface area contributed by atoms with Crippen molar-refractivity contribution in [1.29, 1.82) is 0 Å². The van der Waals surface area contributed by atoms with Crippen LogP contribution in [0.3, 0.4) is 0 Å². The molecule has 1 fully saturated rings. The van der Waals surface area contributed by atoms with Gasteiger partial charge >= 0.3 is 0 Å². The number of phenolic OH excluding ortho intramolecular Hbond substituents is 1. The molecule has 1 amide bonds. The van der Waals surface area contributed by atoms with E-state index in [9.17, 15) is 9.90 Å². The smallest absolute Gasteiger partial charge is 0.257 e. The Balaban J connectivity index is 2.14. The Kier molecular flexibility index (Phi) is 5.65. The summed E-state index contributed by atoms with van der Waals surface area (Å²) in [6.45, 7) is 6.85. The number of amides is 1. The molecule has 21 heavy (non-hydrogen) atoms. The second-order valence-electron chi connectivity index (χ2n) is 5.91. The zero-order chi connectivity index (χ0) is 15.4. The van der Waals surface area contributed by atoms with Gasteiger partial charge in [-0.1, -0.05) is 15.9 Å². The molecule has 0 spiro atoms. The van der Waals surface area contributed by atoms with Crippen LogP contribution in [0.25, 0.3) is 0 Å². The van der Waals surface area contributed by atoms with E-state index in [0.717, 1.165) is 36.9 Å². The maximum absolute atomic E-state index is 12.7. The molecule has 2 rings (SSSR count). The largest absolute Gasteiger partial charge is 0.507 e. The fourth-order valence-electron chi connectivity index (χ4n) is 2.71. The molecule has 1 heterocycles. The van der Waals surface area contributed by atoms with Crippen molar-refractivity contribution in [3.05, 3.63) is 28.2 Å². The lowest BCUT2D eigenvalue weighted by molar-refractivity contribution is 0.0655. The summed E-state index contributed by atoms with van der Waals surface area (Å²) < 4.78 is 0.769. The highest BCUT2D eigenvalue weighted by molar-refractivity contribution is 9.10. The maximum atomic E-state index is 12.7. The highest BCUT2D eigenvalue weighted by atomic mass is 79.9. The van der Waals surface area contributed by atoms with E-state index < -0.39 is 0 Å². The number of aromatic hydroxyl groups is 1. The molecule has 116 valence electrons. The first-order valence-electron chi connectivity index (χ1n) is 7.49. The Bertz CT molecular complexity index is 499. The van der Waals surface area contributed by atoms with Gasteiger partial charge in [0.15, 0.2) is 0 Å². The van der Waals surface area contributed by atoms with E-state index in [-0.39, 0.29) is 17.7 Å². The molecular weight excluding hydrogens is 332 g/mol. The highest BCUT2D eigenvalue weighted by Gasteiger charge is 2.25. The molecule has 0 unspecified atom stereocenters. The van der Waals surface area contributed by atoms with E-state index in [1.54, 1.807) is 18.2 Å². The van der Waals surface area contributed by atoms with Gasteiger partial charge in [-0.05, 0) is 63.9 Å². The molecule has 1 aliphatic rings. The highest BCUT2D eigenvalue weighted by Crippen LogP contribution is 2.25. The molecule has 1 aromatic rings. The van der Waals surface area contributed by atoms with Crippen LogP contribution >= 0.6 is 15.9 Å². The van der Waals surface area contributed by atoms with Gasteiger partial charge in [-0.25, -0.2) is 0 Å². The van der Waals surface area contributed by atoms with Crippen LogP contribution in [0.2, 0.25) is 0 Å². The first-order chi connectivity index (χ1) is 9.99. The van der Waals surface area contributed by atoms with Gasteiger partial charge in [0.1, 0.15) is 5.75 Å². The fraction of sp³-hybridized carbons (Fsp3) is 0.562. The van der Waals surface area contributed by atoms with Gasteiger partial charge in [0, 0.05) is 17.1 Å². The van der Waals surface area contributed by atoms with Crippen molar-refractivity contribution in [1.82, 2.24) is 10.2 Å². The molecule has 0 aromatic heterocycles. The number of piperidine rings is 1. The van der Waals surface area contributed by atoms with E-state index >= 15 is 0 Å². The van der Waals surface area contributed by atoms with Gasteiger partial charge in [-0.2, -0.15) is 0 Å². The Morgan fingerprint density at radius 1 is 1.43 bits per heavy atom. The predicted molar refractivity (Wildman–Crippen MR) is 87.6 cm³/mol. The summed E-state index contributed by atoms with van der Waals surface area (Å²) in [4.78, 5) is 14.6. The van der Waals surface area contributed by atoms with Crippen molar-refractivity contribution >= 4 is 21.8 Å². The van der Waals surface area contributed by atoms with Crippen LogP contribution in [0.4, 0.5) is 0 Å². The molecule has 2 N–H and O–H groups in total. The molecule has 1 aliphatic heterocycles. The monoisotopic (exact) mass is 354 g/mol. The first-order valence-corrected chi connectivity index (χ1v) is 8.28. The summed E-state index contributed by atoms with van der Waals surface area (Å²) in [5.74, 6) is 0.481. The summed E-state index contributed by atoms with van der Waals surface area (Å²) >= 11 is 3.30. The summed E-state index contributed by atoms with van der Waals surface area (Å²) in [5.41, 5.74) is 0.376. The van der Waals surface area contributed by atoms with Gasteiger partial charge in [-0.15, -0.1) is 0 Å². The molecule has 0 bridgehead atoms. The van der Waals surface area contributed by atoms with E-state index in [2.05, 4.69) is 21.2 Å². The number of hydrogen-bond donors (Lipinski definition) is 2. The van der Waals surface area contributed by atoms with Gasteiger partial charge in [-0.3, -0.25) is 4.79 Å². The minimum atomic E-state index is -0.0893. The molecule has 4 nitrogen and oxygen atoms in total. The van der Waals surface area contributed by atoms with Crippen molar-refractivity contribution < 1.29 is 9.90 Å². The minimum Gasteiger partial charge on any atom is -0.507 e. The summed E-state index contributed by atoms with van der Waals surface area (Å²) in [6.07, 6.45) is 2.20. The van der Waals surface area contributed by atoms with E-state index in [1.165, 1.54) is 0 Å². The molecule has 1 saturated heterocycles. The zero-order valence-electron chi connectivity index (χ0n) is 12.6. The van der Waals surface area contributed by atoms with Crippen molar-refractivity contribution in [3.8, 4) is 5.75 Å². The molecule has 0 aliphatic carbocycles. The third kappa shape index (κ3) is 4.20. The first kappa shape index (κ1) is 16.3. The lowest BCUT2D eigenvalue weighted by atomic mass is 9.96. The average Bonchev–Trinajstić information content (AvgIpc) is 2.45. The number of nitrogens with one attached hydrogen (secondary N) is 1. The van der Waals surface area contributed by atoms with Crippen LogP contribution < -0.4 is 5.32 Å². The van der Waals surface area contributed by atoms with Crippen LogP contribution in [0.5, 0.6) is 5.75 Å². The van der Waals surface area contributed by atoms with E-state index in [1.807, 2.05) is 18.7 Å². The molecular formula is C16H23BrN2O2. The van der Waals surface area contributed by atoms with Crippen LogP contribution in [0.1, 0.15) is 37.0 Å². The van der Waals surface area contributed by atoms with Crippen molar-refractivity contribution in [2.24, 2.45) is 5.92 Å². The van der Waals surface area contributed by atoms with Crippen LogP contribution in [0, 0.1) is 5.92 Å². The number of hydrogen-bond acceptors (Lipinski definition) is 3. The van der Waals surface area contributed by atoms with E-state index in [4.69, 9.17) is 0 Å². The number of carbonyl (C=O) groups excluding carboxylic acids is 1. The quantitative estimate of drug-likeness (QED) is 0.873.